The van der Waals surface area contributed by atoms with Crippen LogP contribution in [0.25, 0.3) is 0 Å². The molecule has 1 aliphatic heterocycles. The van der Waals surface area contributed by atoms with Gasteiger partial charge in [-0.2, -0.15) is 0 Å². The van der Waals surface area contributed by atoms with Gasteiger partial charge in [0.15, 0.2) is 0 Å². The Morgan fingerprint density at radius 1 is 1.53 bits per heavy atom. The quantitative estimate of drug-likeness (QED) is 0.555. The van der Waals surface area contributed by atoms with Crippen LogP contribution in [0.2, 0.25) is 0 Å². The summed E-state index contributed by atoms with van der Waals surface area (Å²) in [5.74, 6) is -1.55. The Balaban J connectivity index is 2.42. The second-order valence-corrected chi connectivity index (χ2v) is 3.41. The third kappa shape index (κ3) is 3.49. The van der Waals surface area contributed by atoms with Crippen LogP contribution in [0, 0.1) is 0 Å². The molecule has 6 heteroatoms. The number of carboxylic acids is 1. The smallest absolute Gasteiger partial charge is 0.326 e. The van der Waals surface area contributed by atoms with Gasteiger partial charge in [-0.15, -0.1) is 0 Å². The molecule has 2 atom stereocenters. The summed E-state index contributed by atoms with van der Waals surface area (Å²) >= 11 is 0. The van der Waals surface area contributed by atoms with Crippen LogP contribution in [-0.2, 0) is 14.3 Å². The van der Waals surface area contributed by atoms with Crippen molar-refractivity contribution in [1.29, 1.82) is 0 Å². The molecule has 1 saturated heterocycles. The van der Waals surface area contributed by atoms with Gasteiger partial charge < -0.3 is 20.3 Å². The Kier molecular flexibility index (Phi) is 4.51. The van der Waals surface area contributed by atoms with E-state index in [1.807, 2.05) is 0 Å². The molecule has 15 heavy (non-hydrogen) atoms. The molecule has 1 fully saturated rings. The molecule has 0 aliphatic carbocycles. The largest absolute Gasteiger partial charge is 0.480 e. The highest BCUT2D eigenvalue weighted by atomic mass is 16.5. The molecule has 3 N–H and O–H groups in total. The van der Waals surface area contributed by atoms with E-state index in [1.54, 1.807) is 0 Å². The highest BCUT2D eigenvalue weighted by Crippen LogP contribution is 2.12. The van der Waals surface area contributed by atoms with Crippen molar-refractivity contribution in [2.24, 2.45) is 0 Å². The molecule has 0 aromatic carbocycles. The summed E-state index contributed by atoms with van der Waals surface area (Å²) in [7, 11) is 0. The number of aliphatic carboxylic acids is 1. The highest BCUT2D eigenvalue weighted by molar-refractivity contribution is 5.86. The van der Waals surface area contributed by atoms with Crippen molar-refractivity contribution in [2.45, 2.75) is 31.4 Å². The molecule has 1 rings (SSSR count). The second-order valence-electron chi connectivity index (χ2n) is 3.41. The van der Waals surface area contributed by atoms with Crippen molar-refractivity contribution in [1.82, 2.24) is 5.32 Å². The van der Waals surface area contributed by atoms with Crippen molar-refractivity contribution in [2.75, 3.05) is 13.2 Å². The lowest BCUT2D eigenvalue weighted by Crippen LogP contribution is -2.45. The minimum Gasteiger partial charge on any atom is -0.480 e. The van der Waals surface area contributed by atoms with Crippen molar-refractivity contribution in [3.05, 3.63) is 0 Å². The van der Waals surface area contributed by atoms with Crippen molar-refractivity contribution < 1.29 is 24.5 Å². The number of aliphatic hydroxyl groups is 1. The van der Waals surface area contributed by atoms with Gasteiger partial charge in [-0.1, -0.05) is 0 Å². The summed E-state index contributed by atoms with van der Waals surface area (Å²) in [6.07, 6.45) is 0.909. The molecule has 0 bridgehead atoms. The Morgan fingerprint density at radius 3 is 2.73 bits per heavy atom. The lowest BCUT2D eigenvalue weighted by molar-refractivity contribution is -0.144. The highest BCUT2D eigenvalue weighted by Gasteiger charge is 2.27. The second kappa shape index (κ2) is 5.67. The van der Waals surface area contributed by atoms with Crippen molar-refractivity contribution in [3.8, 4) is 0 Å². The summed E-state index contributed by atoms with van der Waals surface area (Å²) in [5.41, 5.74) is 0. The van der Waals surface area contributed by atoms with Crippen LogP contribution in [0.5, 0.6) is 0 Å². The third-order valence-corrected chi connectivity index (χ3v) is 2.25. The molecular weight excluding hydrogens is 202 g/mol. The van der Waals surface area contributed by atoms with Gasteiger partial charge in [0, 0.05) is 19.6 Å². The summed E-state index contributed by atoms with van der Waals surface area (Å²) in [4.78, 5) is 22.1. The molecule has 0 aromatic heterocycles. The predicted octanol–water partition coefficient (Wildman–Crippen LogP) is -0.883. The number of aliphatic hydroxyl groups excluding tert-OH is 1. The Morgan fingerprint density at radius 2 is 2.27 bits per heavy atom. The van der Waals surface area contributed by atoms with Crippen LogP contribution in [0.15, 0.2) is 0 Å². The molecule has 0 spiro atoms. The Hall–Kier alpha value is -1.14. The van der Waals surface area contributed by atoms with Gasteiger partial charge in [0.05, 0.1) is 0 Å². The average molecular weight is 217 g/mol. The van der Waals surface area contributed by atoms with Gasteiger partial charge >= 0.3 is 5.97 Å². The molecule has 6 nitrogen and oxygen atoms in total. The fraction of sp³-hybridized carbons (Fsp3) is 0.778. The monoisotopic (exact) mass is 217 g/mol. The van der Waals surface area contributed by atoms with E-state index in [0.717, 1.165) is 6.42 Å². The van der Waals surface area contributed by atoms with Crippen molar-refractivity contribution in [3.63, 3.8) is 0 Å². The number of hydrogen-bond acceptors (Lipinski definition) is 4. The first kappa shape index (κ1) is 11.9. The van der Waals surface area contributed by atoms with E-state index in [0.29, 0.717) is 13.0 Å². The standard InChI is InChI=1S/C9H15NO5/c11-4-3-6(9(13)14)10-8(12)7-2-1-5-15-7/h6-7,11H,1-5H2,(H,10,12)(H,13,14)/t6-,7-/m1/s1. The number of carboxylic acid groups (broad SMARTS) is 1. The van der Waals surface area contributed by atoms with E-state index in [9.17, 15) is 9.59 Å². The molecule has 0 unspecified atom stereocenters. The first-order valence-electron chi connectivity index (χ1n) is 4.90. The zero-order valence-corrected chi connectivity index (χ0v) is 8.31. The zero-order valence-electron chi connectivity index (χ0n) is 8.31. The number of nitrogens with one attached hydrogen (secondary N) is 1. The molecule has 0 radical (unpaired) electrons. The van der Waals surface area contributed by atoms with E-state index < -0.39 is 24.0 Å². The lowest BCUT2D eigenvalue weighted by atomic mass is 10.2. The summed E-state index contributed by atoms with van der Waals surface area (Å²) < 4.78 is 5.11. The lowest BCUT2D eigenvalue weighted by Gasteiger charge is -2.15. The van der Waals surface area contributed by atoms with Gasteiger partial charge in [0.1, 0.15) is 12.1 Å². The number of carbonyl (C=O) groups is 2. The predicted molar refractivity (Wildman–Crippen MR) is 50.2 cm³/mol. The van der Waals surface area contributed by atoms with E-state index in [-0.39, 0.29) is 13.0 Å². The van der Waals surface area contributed by atoms with Gasteiger partial charge in [-0.05, 0) is 12.8 Å². The van der Waals surface area contributed by atoms with E-state index in [2.05, 4.69) is 5.32 Å². The molecule has 1 heterocycles. The molecule has 86 valence electrons. The topological polar surface area (TPSA) is 95.9 Å². The first-order valence-corrected chi connectivity index (χ1v) is 4.90. The molecular formula is C9H15NO5. The van der Waals surface area contributed by atoms with Gasteiger partial charge in [-0.25, -0.2) is 4.79 Å². The number of amides is 1. The van der Waals surface area contributed by atoms with E-state index >= 15 is 0 Å². The fourth-order valence-corrected chi connectivity index (χ4v) is 1.44. The average Bonchev–Trinajstić information content (AvgIpc) is 2.69. The van der Waals surface area contributed by atoms with E-state index in [4.69, 9.17) is 14.9 Å². The third-order valence-electron chi connectivity index (χ3n) is 2.25. The molecule has 1 amide bonds. The van der Waals surface area contributed by atoms with Crippen LogP contribution >= 0.6 is 0 Å². The maximum Gasteiger partial charge on any atom is 0.326 e. The zero-order chi connectivity index (χ0) is 11.3. The number of hydrogen-bond donors (Lipinski definition) is 3. The van der Waals surface area contributed by atoms with Crippen LogP contribution in [0.1, 0.15) is 19.3 Å². The van der Waals surface area contributed by atoms with Gasteiger partial charge in [0.2, 0.25) is 5.91 Å². The maximum atomic E-state index is 11.5. The maximum absolute atomic E-state index is 11.5. The first-order chi connectivity index (χ1) is 7.15. The van der Waals surface area contributed by atoms with Gasteiger partial charge in [-0.3, -0.25) is 4.79 Å². The van der Waals surface area contributed by atoms with Crippen LogP contribution in [0.3, 0.4) is 0 Å². The number of rotatable bonds is 5. The summed E-state index contributed by atoms with van der Waals surface area (Å²) in [5, 5.41) is 19.7. The Labute approximate surface area is 87.2 Å². The molecule has 0 aromatic rings. The normalized spacial score (nSPS) is 22.3. The SMILES string of the molecule is O=C(O)[C@@H](CCO)NC(=O)[C@H]1CCCO1. The van der Waals surface area contributed by atoms with Gasteiger partial charge in [0.25, 0.3) is 0 Å². The Bertz CT molecular complexity index is 237. The summed E-state index contributed by atoms with van der Waals surface area (Å²) in [6, 6.07) is -1.04. The summed E-state index contributed by atoms with van der Waals surface area (Å²) in [6.45, 7) is 0.262. The number of ether oxygens (including phenoxy) is 1. The van der Waals surface area contributed by atoms with Crippen molar-refractivity contribution >= 4 is 11.9 Å². The van der Waals surface area contributed by atoms with Crippen LogP contribution < -0.4 is 5.32 Å². The van der Waals surface area contributed by atoms with E-state index in [1.165, 1.54) is 0 Å². The fourth-order valence-electron chi connectivity index (χ4n) is 1.44. The molecule has 1 aliphatic rings. The number of carbonyl (C=O) groups excluding carboxylic acids is 1. The molecule has 0 saturated carbocycles. The minimum absolute atomic E-state index is 0.00773. The van der Waals surface area contributed by atoms with Crippen LogP contribution in [0.4, 0.5) is 0 Å². The minimum atomic E-state index is -1.14. The van der Waals surface area contributed by atoms with Crippen LogP contribution in [-0.4, -0.2) is 47.4 Å².